The third kappa shape index (κ3) is 3.16. The Kier molecular flexibility index (Phi) is 3.84. The molecule has 16 heavy (non-hydrogen) atoms. The molecule has 1 aromatic heterocycles. The van der Waals surface area contributed by atoms with Gasteiger partial charge in [-0.2, -0.15) is 0 Å². The van der Waals surface area contributed by atoms with Crippen LogP contribution < -0.4 is 0 Å². The van der Waals surface area contributed by atoms with E-state index in [2.05, 4.69) is 24.9 Å². The number of carbonyl (C=O) groups is 1. The number of pyridine rings is 1. The SMILES string of the molecule is CC(C)c1cccnc1CC(=O)C(C)(C)C. The maximum Gasteiger partial charge on any atom is 0.144 e. The molecule has 88 valence electrons. The van der Waals surface area contributed by atoms with Crippen molar-refractivity contribution in [3.8, 4) is 0 Å². The number of nitrogens with zero attached hydrogens (tertiary/aromatic N) is 1. The molecular formula is C14H21NO. The van der Waals surface area contributed by atoms with Crippen molar-refractivity contribution in [3.05, 3.63) is 29.6 Å². The summed E-state index contributed by atoms with van der Waals surface area (Å²) in [5, 5.41) is 0. The Labute approximate surface area is 98.1 Å². The average Bonchev–Trinajstić information content (AvgIpc) is 2.16. The van der Waals surface area contributed by atoms with E-state index < -0.39 is 0 Å². The molecule has 1 rings (SSSR count). The molecule has 0 aliphatic heterocycles. The summed E-state index contributed by atoms with van der Waals surface area (Å²) in [6, 6.07) is 3.99. The standard InChI is InChI=1S/C14H21NO/c1-10(2)11-7-6-8-15-12(11)9-13(16)14(3,4)5/h6-8,10H,9H2,1-5H3. The van der Waals surface area contributed by atoms with Gasteiger partial charge in [0.15, 0.2) is 0 Å². The molecule has 0 unspecified atom stereocenters. The Balaban J connectivity index is 2.94. The first-order chi connectivity index (χ1) is 7.32. The van der Waals surface area contributed by atoms with Gasteiger partial charge in [-0.1, -0.05) is 40.7 Å². The Bertz CT molecular complexity index is 375. The molecule has 0 fully saturated rings. The maximum atomic E-state index is 12.0. The van der Waals surface area contributed by atoms with E-state index >= 15 is 0 Å². The van der Waals surface area contributed by atoms with Gasteiger partial charge in [0.1, 0.15) is 5.78 Å². The molecule has 0 aliphatic rings. The van der Waals surface area contributed by atoms with Gasteiger partial charge in [0.2, 0.25) is 0 Å². The normalized spacial score (nSPS) is 11.9. The van der Waals surface area contributed by atoms with Crippen molar-refractivity contribution < 1.29 is 4.79 Å². The van der Waals surface area contributed by atoms with Crippen LogP contribution in [-0.4, -0.2) is 10.8 Å². The van der Waals surface area contributed by atoms with E-state index in [0.29, 0.717) is 12.3 Å². The second kappa shape index (κ2) is 4.77. The van der Waals surface area contributed by atoms with E-state index in [1.165, 1.54) is 5.56 Å². The monoisotopic (exact) mass is 219 g/mol. The molecule has 0 saturated heterocycles. The van der Waals surface area contributed by atoms with Crippen LogP contribution in [0.3, 0.4) is 0 Å². The molecule has 1 heterocycles. The summed E-state index contributed by atoms with van der Waals surface area (Å²) in [5.74, 6) is 0.657. The summed E-state index contributed by atoms with van der Waals surface area (Å²) in [4.78, 5) is 16.3. The number of hydrogen-bond acceptors (Lipinski definition) is 2. The Morgan fingerprint density at radius 2 is 2.00 bits per heavy atom. The lowest BCUT2D eigenvalue weighted by atomic mass is 9.86. The van der Waals surface area contributed by atoms with Gasteiger partial charge in [-0.25, -0.2) is 0 Å². The number of Topliss-reactive ketones (excluding diaryl/α,β-unsaturated/α-hetero) is 1. The lowest BCUT2D eigenvalue weighted by Crippen LogP contribution is -2.23. The average molecular weight is 219 g/mol. The number of rotatable bonds is 3. The first-order valence-corrected chi connectivity index (χ1v) is 5.79. The van der Waals surface area contributed by atoms with Crippen LogP contribution in [0.1, 0.15) is 51.8 Å². The van der Waals surface area contributed by atoms with Crippen molar-refractivity contribution >= 4 is 5.78 Å². The summed E-state index contributed by atoms with van der Waals surface area (Å²) in [7, 11) is 0. The van der Waals surface area contributed by atoms with E-state index in [0.717, 1.165) is 5.69 Å². The van der Waals surface area contributed by atoms with Gasteiger partial charge in [0, 0.05) is 18.0 Å². The van der Waals surface area contributed by atoms with Crippen LogP contribution in [0.4, 0.5) is 0 Å². The highest BCUT2D eigenvalue weighted by Gasteiger charge is 2.23. The molecule has 0 bridgehead atoms. The highest BCUT2D eigenvalue weighted by atomic mass is 16.1. The van der Waals surface area contributed by atoms with Crippen molar-refractivity contribution in [2.75, 3.05) is 0 Å². The third-order valence-corrected chi connectivity index (χ3v) is 2.71. The lowest BCUT2D eigenvalue weighted by Gasteiger charge is -2.18. The van der Waals surface area contributed by atoms with Crippen LogP contribution in [0, 0.1) is 5.41 Å². The number of hydrogen-bond donors (Lipinski definition) is 0. The van der Waals surface area contributed by atoms with Crippen LogP contribution in [0.25, 0.3) is 0 Å². The number of carbonyl (C=O) groups excluding carboxylic acids is 1. The van der Waals surface area contributed by atoms with Crippen molar-refractivity contribution in [2.24, 2.45) is 5.41 Å². The van der Waals surface area contributed by atoms with Crippen LogP contribution in [0.15, 0.2) is 18.3 Å². The predicted molar refractivity (Wildman–Crippen MR) is 66.5 cm³/mol. The van der Waals surface area contributed by atoms with E-state index in [-0.39, 0.29) is 11.2 Å². The second-order valence-corrected chi connectivity index (χ2v) is 5.54. The predicted octanol–water partition coefficient (Wildman–Crippen LogP) is 3.36. The van der Waals surface area contributed by atoms with Crippen molar-refractivity contribution in [2.45, 2.75) is 47.0 Å². The quantitative estimate of drug-likeness (QED) is 0.780. The van der Waals surface area contributed by atoms with Crippen LogP contribution in [0.5, 0.6) is 0 Å². The van der Waals surface area contributed by atoms with Gasteiger partial charge < -0.3 is 0 Å². The lowest BCUT2D eigenvalue weighted by molar-refractivity contribution is -0.125. The zero-order valence-corrected chi connectivity index (χ0v) is 10.9. The van der Waals surface area contributed by atoms with E-state index in [9.17, 15) is 4.79 Å². The van der Waals surface area contributed by atoms with Crippen LogP contribution >= 0.6 is 0 Å². The largest absolute Gasteiger partial charge is 0.299 e. The summed E-state index contributed by atoms with van der Waals surface area (Å²) in [6.45, 7) is 10.1. The zero-order valence-electron chi connectivity index (χ0n) is 10.9. The minimum Gasteiger partial charge on any atom is -0.299 e. The van der Waals surface area contributed by atoms with Gasteiger partial charge in [-0.05, 0) is 17.5 Å². The van der Waals surface area contributed by atoms with E-state index in [1.807, 2.05) is 26.8 Å². The summed E-state index contributed by atoms with van der Waals surface area (Å²) in [5.41, 5.74) is 1.82. The van der Waals surface area contributed by atoms with Crippen molar-refractivity contribution in [3.63, 3.8) is 0 Å². The van der Waals surface area contributed by atoms with Gasteiger partial charge in [-0.15, -0.1) is 0 Å². The zero-order chi connectivity index (χ0) is 12.3. The van der Waals surface area contributed by atoms with Crippen LogP contribution in [-0.2, 0) is 11.2 Å². The minimum absolute atomic E-state index is 0.244. The first kappa shape index (κ1) is 12.9. The minimum atomic E-state index is -0.286. The second-order valence-electron chi connectivity index (χ2n) is 5.54. The highest BCUT2D eigenvalue weighted by Crippen LogP contribution is 2.22. The maximum absolute atomic E-state index is 12.0. The molecule has 0 N–H and O–H groups in total. The Morgan fingerprint density at radius 3 is 2.50 bits per heavy atom. The summed E-state index contributed by atoms with van der Waals surface area (Å²) >= 11 is 0. The Hall–Kier alpha value is -1.18. The smallest absolute Gasteiger partial charge is 0.144 e. The molecular weight excluding hydrogens is 198 g/mol. The molecule has 0 aromatic carbocycles. The highest BCUT2D eigenvalue weighted by molar-refractivity contribution is 5.85. The fraction of sp³-hybridized carbons (Fsp3) is 0.571. The van der Waals surface area contributed by atoms with Crippen molar-refractivity contribution in [1.82, 2.24) is 4.98 Å². The molecule has 0 saturated carbocycles. The van der Waals surface area contributed by atoms with Crippen molar-refractivity contribution in [1.29, 1.82) is 0 Å². The molecule has 0 radical (unpaired) electrons. The molecule has 0 spiro atoms. The summed E-state index contributed by atoms with van der Waals surface area (Å²) < 4.78 is 0. The van der Waals surface area contributed by atoms with E-state index in [4.69, 9.17) is 0 Å². The third-order valence-electron chi connectivity index (χ3n) is 2.71. The van der Waals surface area contributed by atoms with Gasteiger partial charge in [-0.3, -0.25) is 9.78 Å². The van der Waals surface area contributed by atoms with Gasteiger partial charge in [0.05, 0.1) is 5.69 Å². The van der Waals surface area contributed by atoms with Gasteiger partial charge in [0.25, 0.3) is 0 Å². The molecule has 0 amide bonds. The fourth-order valence-electron chi connectivity index (χ4n) is 1.54. The molecule has 2 heteroatoms. The summed E-state index contributed by atoms with van der Waals surface area (Å²) in [6.07, 6.45) is 2.20. The van der Waals surface area contributed by atoms with E-state index in [1.54, 1.807) is 6.20 Å². The molecule has 2 nitrogen and oxygen atoms in total. The number of ketones is 1. The van der Waals surface area contributed by atoms with Gasteiger partial charge >= 0.3 is 0 Å². The topological polar surface area (TPSA) is 30.0 Å². The molecule has 1 aromatic rings. The molecule has 0 aliphatic carbocycles. The van der Waals surface area contributed by atoms with Crippen LogP contribution in [0.2, 0.25) is 0 Å². The molecule has 0 atom stereocenters. The number of aromatic nitrogens is 1. The first-order valence-electron chi connectivity index (χ1n) is 5.79. The Morgan fingerprint density at radius 1 is 1.38 bits per heavy atom. The fourth-order valence-corrected chi connectivity index (χ4v) is 1.54.